The summed E-state index contributed by atoms with van der Waals surface area (Å²) in [5.74, 6) is 0. The van der Waals surface area contributed by atoms with E-state index < -0.39 is 0 Å². The average Bonchev–Trinajstić information content (AvgIpc) is 3.28. The average molecular weight is 503 g/mol. The molecule has 0 aliphatic heterocycles. The van der Waals surface area contributed by atoms with Gasteiger partial charge in [-0.3, -0.25) is 0 Å². The van der Waals surface area contributed by atoms with Crippen molar-refractivity contribution in [1.82, 2.24) is 0 Å². The van der Waals surface area contributed by atoms with Gasteiger partial charge in [-0.1, -0.05) is 88.4 Å². The lowest BCUT2D eigenvalue weighted by Gasteiger charge is -2.24. The monoisotopic (exact) mass is 502 g/mol. The van der Waals surface area contributed by atoms with Crippen molar-refractivity contribution in [2.45, 2.75) is 59.3 Å². The van der Waals surface area contributed by atoms with Crippen molar-refractivity contribution in [1.29, 1.82) is 0 Å². The second-order valence-corrected chi connectivity index (χ2v) is 13.0. The molecule has 39 heavy (non-hydrogen) atoms. The zero-order valence-corrected chi connectivity index (χ0v) is 24.0. The molecule has 0 amide bonds. The van der Waals surface area contributed by atoms with Gasteiger partial charge in [0.05, 0.1) is 0 Å². The third-order valence-corrected chi connectivity index (χ3v) is 10.2. The molecule has 0 heterocycles. The fraction of sp³-hybridized carbons (Fsp3) is 0.231. The normalized spacial score (nSPS) is 16.6. The molecule has 0 heteroatoms. The number of rotatable bonds is 0. The highest BCUT2D eigenvalue weighted by molar-refractivity contribution is 6.18. The Labute approximate surface area is 231 Å². The Bertz CT molecular complexity index is 2130. The van der Waals surface area contributed by atoms with Crippen LogP contribution in [0, 0.1) is 13.8 Å². The minimum absolute atomic E-state index is 0.0504. The van der Waals surface area contributed by atoms with Crippen molar-refractivity contribution in [2.75, 3.05) is 0 Å². The first-order chi connectivity index (χ1) is 18.6. The summed E-state index contributed by atoms with van der Waals surface area (Å²) in [6.45, 7) is 16.4. The van der Waals surface area contributed by atoms with Crippen molar-refractivity contribution in [2.24, 2.45) is 0 Å². The SMILES string of the molecule is CC=c1ccc2cc3c(c4ccc(C)c1c24)-c1cc2c(cc1C3(C)C)-c1c(cc(C)c3ccccc13)C2(C)C. The Morgan fingerprint density at radius 2 is 1.15 bits per heavy atom. The molecule has 0 aromatic heterocycles. The highest BCUT2D eigenvalue weighted by Gasteiger charge is 2.43. The van der Waals surface area contributed by atoms with Gasteiger partial charge in [0.25, 0.3) is 0 Å². The van der Waals surface area contributed by atoms with Crippen molar-refractivity contribution in [3.05, 3.63) is 111 Å². The molecule has 8 rings (SSSR count). The van der Waals surface area contributed by atoms with Crippen LogP contribution in [0.15, 0.2) is 72.8 Å². The molecule has 0 bridgehead atoms. The highest BCUT2D eigenvalue weighted by Crippen LogP contribution is 2.59. The van der Waals surface area contributed by atoms with E-state index in [-0.39, 0.29) is 10.8 Å². The van der Waals surface area contributed by atoms with Gasteiger partial charge in [0, 0.05) is 10.8 Å². The first kappa shape index (κ1) is 23.0. The van der Waals surface area contributed by atoms with E-state index in [1.54, 1.807) is 0 Å². The zero-order chi connectivity index (χ0) is 27.0. The van der Waals surface area contributed by atoms with Crippen LogP contribution in [0.1, 0.15) is 68.0 Å². The number of benzene rings is 6. The predicted octanol–water partition coefficient (Wildman–Crippen LogP) is 9.89. The fourth-order valence-corrected chi connectivity index (χ4v) is 8.13. The second kappa shape index (κ2) is 7.19. The van der Waals surface area contributed by atoms with Crippen LogP contribution in [-0.2, 0) is 10.8 Å². The molecular weight excluding hydrogens is 468 g/mol. The van der Waals surface area contributed by atoms with E-state index in [1.165, 1.54) is 93.2 Å². The van der Waals surface area contributed by atoms with Crippen molar-refractivity contribution < 1.29 is 0 Å². The summed E-state index contributed by atoms with van der Waals surface area (Å²) in [6.07, 6.45) is 2.26. The van der Waals surface area contributed by atoms with Gasteiger partial charge in [0.15, 0.2) is 0 Å². The Morgan fingerprint density at radius 3 is 1.82 bits per heavy atom. The molecule has 0 atom stereocenters. The maximum atomic E-state index is 2.57. The first-order valence-electron chi connectivity index (χ1n) is 14.3. The molecule has 190 valence electrons. The van der Waals surface area contributed by atoms with Gasteiger partial charge in [-0.15, -0.1) is 0 Å². The molecular formula is C39H34. The summed E-state index contributed by atoms with van der Waals surface area (Å²) in [7, 11) is 0. The van der Waals surface area contributed by atoms with Gasteiger partial charge in [-0.05, 0) is 132 Å². The van der Waals surface area contributed by atoms with Gasteiger partial charge >= 0.3 is 0 Å². The maximum absolute atomic E-state index is 2.57. The highest BCUT2D eigenvalue weighted by atomic mass is 14.5. The molecule has 6 aromatic carbocycles. The standard InChI is InChI=1S/C39H34/c1-8-23-14-15-24-18-33-37(27-16-13-21(2)34(23)35(24)27)29-20-30-28(19-31(29)39(33,6)7)36-26-12-10-9-11-25(26)22(3)17-32(36)38(30,4)5/h8-20H,1-7H3. The smallest absolute Gasteiger partial charge is 0.0159 e. The van der Waals surface area contributed by atoms with Gasteiger partial charge in [-0.25, -0.2) is 0 Å². The van der Waals surface area contributed by atoms with Crippen LogP contribution >= 0.6 is 0 Å². The number of fused-ring (bicyclic) bond motifs is 9. The molecule has 0 N–H and O–H groups in total. The summed E-state index contributed by atoms with van der Waals surface area (Å²) < 4.78 is 0. The van der Waals surface area contributed by atoms with Gasteiger partial charge in [0.2, 0.25) is 0 Å². The van der Waals surface area contributed by atoms with Crippen molar-refractivity contribution in [3.8, 4) is 22.3 Å². The first-order valence-corrected chi connectivity index (χ1v) is 14.3. The molecule has 2 aliphatic carbocycles. The van der Waals surface area contributed by atoms with E-state index in [2.05, 4.69) is 127 Å². The third kappa shape index (κ3) is 2.65. The van der Waals surface area contributed by atoms with Gasteiger partial charge in [0.1, 0.15) is 0 Å². The predicted molar refractivity (Wildman–Crippen MR) is 169 cm³/mol. The van der Waals surface area contributed by atoms with Crippen molar-refractivity contribution >= 4 is 38.4 Å². The lowest BCUT2D eigenvalue weighted by Crippen LogP contribution is -2.17. The minimum Gasteiger partial charge on any atom is -0.0798 e. The lowest BCUT2D eigenvalue weighted by molar-refractivity contribution is 0.652. The third-order valence-electron chi connectivity index (χ3n) is 10.2. The van der Waals surface area contributed by atoms with Crippen LogP contribution in [-0.4, -0.2) is 0 Å². The Kier molecular flexibility index (Phi) is 4.24. The molecule has 0 saturated heterocycles. The second-order valence-electron chi connectivity index (χ2n) is 13.0. The summed E-state index contributed by atoms with van der Waals surface area (Å²) in [5, 5.41) is 9.65. The Balaban J connectivity index is 1.52. The van der Waals surface area contributed by atoms with Crippen LogP contribution in [0.3, 0.4) is 0 Å². The van der Waals surface area contributed by atoms with Crippen molar-refractivity contribution in [3.63, 3.8) is 0 Å². The molecule has 0 spiro atoms. The van der Waals surface area contributed by atoms with E-state index in [0.717, 1.165) is 0 Å². The molecule has 0 nitrogen and oxygen atoms in total. The molecule has 0 saturated carbocycles. The fourth-order valence-electron chi connectivity index (χ4n) is 8.13. The quantitative estimate of drug-likeness (QED) is 0.194. The van der Waals surface area contributed by atoms with Crippen LogP contribution in [0.25, 0.3) is 60.6 Å². The number of aryl methyl sites for hydroxylation is 2. The Morgan fingerprint density at radius 1 is 0.538 bits per heavy atom. The van der Waals surface area contributed by atoms with Gasteiger partial charge in [-0.2, -0.15) is 0 Å². The summed E-state index contributed by atoms with van der Waals surface area (Å²) >= 11 is 0. The molecule has 0 fully saturated rings. The molecule has 6 aromatic rings. The molecule has 0 unspecified atom stereocenters. The lowest BCUT2D eigenvalue weighted by atomic mass is 9.79. The zero-order valence-electron chi connectivity index (χ0n) is 24.0. The Hall–Kier alpha value is -3.90. The van der Waals surface area contributed by atoms with E-state index in [1.807, 2.05) is 0 Å². The van der Waals surface area contributed by atoms with Crippen LogP contribution in [0.4, 0.5) is 0 Å². The molecule has 2 aliphatic rings. The molecule has 0 radical (unpaired) electrons. The maximum Gasteiger partial charge on any atom is 0.0159 e. The summed E-state index contributed by atoms with van der Waals surface area (Å²) in [5.41, 5.74) is 14.2. The number of hydrogen-bond acceptors (Lipinski definition) is 0. The van der Waals surface area contributed by atoms with E-state index >= 15 is 0 Å². The van der Waals surface area contributed by atoms with E-state index in [0.29, 0.717) is 0 Å². The van der Waals surface area contributed by atoms with Crippen LogP contribution < -0.4 is 5.22 Å². The largest absolute Gasteiger partial charge is 0.0798 e. The number of hydrogen-bond donors (Lipinski definition) is 0. The van der Waals surface area contributed by atoms with E-state index in [4.69, 9.17) is 0 Å². The van der Waals surface area contributed by atoms with Crippen LogP contribution in [0.5, 0.6) is 0 Å². The summed E-state index contributed by atoms with van der Waals surface area (Å²) in [6, 6.07) is 28.4. The van der Waals surface area contributed by atoms with Crippen LogP contribution in [0.2, 0.25) is 0 Å². The minimum atomic E-state index is -0.0719. The topological polar surface area (TPSA) is 0 Å². The van der Waals surface area contributed by atoms with E-state index in [9.17, 15) is 0 Å². The van der Waals surface area contributed by atoms with Gasteiger partial charge < -0.3 is 0 Å². The summed E-state index contributed by atoms with van der Waals surface area (Å²) in [4.78, 5) is 0.